The molecule has 1 atom stereocenters. The number of halogens is 1. The number of carbonyl (C=O) groups excluding carboxylic acids is 3. The van der Waals surface area contributed by atoms with Crippen molar-refractivity contribution in [1.29, 1.82) is 5.26 Å². The van der Waals surface area contributed by atoms with Gasteiger partial charge in [0.25, 0.3) is 5.91 Å². The Labute approximate surface area is 195 Å². The average Bonchev–Trinajstić information content (AvgIpc) is 2.84. The second-order valence-corrected chi connectivity index (χ2v) is 8.45. The van der Waals surface area contributed by atoms with Gasteiger partial charge in [-0.25, -0.2) is 9.18 Å². The quantitative estimate of drug-likeness (QED) is 0.457. The molecule has 1 unspecified atom stereocenters. The first-order valence-corrected chi connectivity index (χ1v) is 10.9. The molecule has 4 rings (SSSR count). The number of nitrogen functional groups attached to an aromatic ring is 1. The van der Waals surface area contributed by atoms with Crippen molar-refractivity contribution in [2.24, 2.45) is 0 Å². The Hall–Kier alpha value is -3.97. The van der Waals surface area contributed by atoms with Crippen LogP contribution >= 0.6 is 0 Å². The van der Waals surface area contributed by atoms with Crippen molar-refractivity contribution in [3.8, 4) is 6.07 Å². The maximum absolute atomic E-state index is 13.9. The summed E-state index contributed by atoms with van der Waals surface area (Å²) in [6.45, 7) is 1.14. The van der Waals surface area contributed by atoms with Crippen molar-refractivity contribution >= 4 is 29.1 Å². The third-order valence-corrected chi connectivity index (χ3v) is 6.31. The molecule has 0 spiro atoms. The molecule has 2 aliphatic rings. The molecule has 2 aromatic rings. The zero-order valence-corrected chi connectivity index (χ0v) is 18.3. The number of para-hydroxylation sites is 1. The highest BCUT2D eigenvalue weighted by atomic mass is 19.1. The van der Waals surface area contributed by atoms with Gasteiger partial charge in [-0.3, -0.25) is 9.59 Å². The topological polar surface area (TPSA) is 140 Å². The lowest BCUT2D eigenvalue weighted by atomic mass is 9.98. The number of amides is 3. The number of anilines is 2. The minimum atomic E-state index is -1.60. The summed E-state index contributed by atoms with van der Waals surface area (Å²) in [5.74, 6) is -2.18. The third-order valence-electron chi connectivity index (χ3n) is 6.31. The number of Topliss-reactive ketones (excluding diaryl/α,β-unsaturated/α-hetero) is 1. The summed E-state index contributed by atoms with van der Waals surface area (Å²) in [4.78, 5) is 40.9. The molecule has 0 aromatic heterocycles. The first-order valence-electron chi connectivity index (χ1n) is 10.9. The van der Waals surface area contributed by atoms with Gasteiger partial charge in [0.1, 0.15) is 18.0 Å². The van der Waals surface area contributed by atoms with E-state index in [1.54, 1.807) is 11.0 Å². The van der Waals surface area contributed by atoms with Crippen LogP contribution in [0.15, 0.2) is 36.4 Å². The molecule has 2 aliphatic heterocycles. The lowest BCUT2D eigenvalue weighted by Gasteiger charge is -2.41. The van der Waals surface area contributed by atoms with Gasteiger partial charge in [-0.2, -0.15) is 5.26 Å². The predicted octanol–water partition coefficient (Wildman–Crippen LogP) is 2.25. The van der Waals surface area contributed by atoms with E-state index >= 15 is 0 Å². The number of urea groups is 1. The SMILES string of the molecule is N#Cc1cc(C(=O)CC(O)C(=O)N2CCC(N3Cc4ccccc4NC3=O)CC2)cc(F)c1N. The molecule has 0 radical (unpaired) electrons. The van der Waals surface area contributed by atoms with Crippen molar-refractivity contribution in [2.45, 2.75) is 38.0 Å². The summed E-state index contributed by atoms with van der Waals surface area (Å²) >= 11 is 0. The van der Waals surface area contributed by atoms with Crippen LogP contribution in [0, 0.1) is 17.1 Å². The summed E-state index contributed by atoms with van der Waals surface area (Å²) < 4.78 is 13.9. The van der Waals surface area contributed by atoms with Crippen LogP contribution in [0.2, 0.25) is 0 Å². The van der Waals surface area contributed by atoms with Crippen LogP contribution in [0.3, 0.4) is 0 Å². The van der Waals surface area contributed by atoms with E-state index in [0.29, 0.717) is 32.5 Å². The van der Waals surface area contributed by atoms with E-state index in [2.05, 4.69) is 5.32 Å². The van der Waals surface area contributed by atoms with E-state index < -0.39 is 30.0 Å². The third kappa shape index (κ3) is 4.56. The number of ketones is 1. The molecule has 3 amide bonds. The van der Waals surface area contributed by atoms with Crippen molar-refractivity contribution in [3.05, 3.63) is 58.9 Å². The van der Waals surface area contributed by atoms with E-state index in [4.69, 9.17) is 11.0 Å². The highest BCUT2D eigenvalue weighted by Crippen LogP contribution is 2.28. The number of hydrogen-bond acceptors (Lipinski definition) is 6. The minimum Gasteiger partial charge on any atom is -0.395 e. The van der Waals surface area contributed by atoms with E-state index in [0.717, 1.165) is 23.4 Å². The lowest BCUT2D eigenvalue weighted by Crippen LogP contribution is -2.52. The number of nitrogens with one attached hydrogen (secondary N) is 1. The Morgan fingerprint density at radius 3 is 2.68 bits per heavy atom. The van der Waals surface area contributed by atoms with Crippen LogP contribution in [-0.2, 0) is 11.3 Å². The van der Waals surface area contributed by atoms with E-state index in [1.807, 2.05) is 24.3 Å². The second-order valence-electron chi connectivity index (χ2n) is 8.45. The highest BCUT2D eigenvalue weighted by Gasteiger charge is 2.34. The van der Waals surface area contributed by atoms with E-state index in [-0.39, 0.29) is 28.9 Å². The Bertz CT molecular complexity index is 1190. The predicted molar refractivity (Wildman–Crippen MR) is 121 cm³/mol. The highest BCUT2D eigenvalue weighted by molar-refractivity contribution is 6.00. The molecule has 0 aliphatic carbocycles. The molecule has 176 valence electrons. The molecule has 0 bridgehead atoms. The normalized spacial score (nSPS) is 16.9. The van der Waals surface area contributed by atoms with E-state index in [9.17, 15) is 23.9 Å². The van der Waals surface area contributed by atoms with Crippen LogP contribution in [0.4, 0.5) is 20.6 Å². The largest absolute Gasteiger partial charge is 0.395 e. The molecule has 4 N–H and O–H groups in total. The molecule has 0 saturated carbocycles. The maximum Gasteiger partial charge on any atom is 0.322 e. The number of piperidine rings is 1. The number of nitriles is 1. The van der Waals surface area contributed by atoms with Crippen LogP contribution in [-0.4, -0.2) is 57.9 Å². The monoisotopic (exact) mass is 465 g/mol. The number of aliphatic hydroxyl groups is 1. The van der Waals surface area contributed by atoms with Crippen molar-refractivity contribution in [1.82, 2.24) is 9.80 Å². The van der Waals surface area contributed by atoms with Gasteiger partial charge < -0.3 is 26.0 Å². The Balaban J connectivity index is 1.34. The number of carbonyl (C=O) groups is 3. The van der Waals surface area contributed by atoms with Gasteiger partial charge in [-0.15, -0.1) is 0 Å². The van der Waals surface area contributed by atoms with Gasteiger partial charge in [0.2, 0.25) is 0 Å². The van der Waals surface area contributed by atoms with Gasteiger partial charge in [0, 0.05) is 43.3 Å². The van der Waals surface area contributed by atoms with E-state index in [1.165, 1.54) is 4.90 Å². The van der Waals surface area contributed by atoms with Gasteiger partial charge in [0.15, 0.2) is 5.78 Å². The summed E-state index contributed by atoms with van der Waals surface area (Å²) in [5, 5.41) is 22.3. The van der Waals surface area contributed by atoms with Gasteiger partial charge in [-0.05, 0) is 36.6 Å². The van der Waals surface area contributed by atoms with Crippen LogP contribution < -0.4 is 11.1 Å². The zero-order valence-electron chi connectivity index (χ0n) is 18.3. The standard InChI is InChI=1S/C24H24FN5O4/c25-18-10-15(9-16(12-26)22(18)27)20(31)11-21(32)23(33)29-7-5-17(6-8-29)30-13-14-3-1-2-4-19(14)28-24(30)34/h1-4,9-10,17,21,32H,5-8,11,13,27H2,(H,28,34). The molecular weight excluding hydrogens is 441 g/mol. The number of nitrogens with two attached hydrogens (primary N) is 1. The molecule has 2 aromatic carbocycles. The van der Waals surface area contributed by atoms with Crippen LogP contribution in [0.25, 0.3) is 0 Å². The van der Waals surface area contributed by atoms with Crippen LogP contribution in [0.5, 0.6) is 0 Å². The molecule has 9 nitrogen and oxygen atoms in total. The van der Waals surface area contributed by atoms with Gasteiger partial charge >= 0.3 is 6.03 Å². The molecule has 34 heavy (non-hydrogen) atoms. The number of fused-ring (bicyclic) bond motifs is 1. The number of rotatable bonds is 5. The molecule has 1 fully saturated rings. The molecular formula is C24H24FN5O4. The lowest BCUT2D eigenvalue weighted by molar-refractivity contribution is -0.141. The molecule has 2 heterocycles. The smallest absolute Gasteiger partial charge is 0.322 e. The van der Waals surface area contributed by atoms with Crippen molar-refractivity contribution in [2.75, 3.05) is 24.1 Å². The molecule has 10 heteroatoms. The number of aliphatic hydroxyl groups excluding tert-OH is 1. The summed E-state index contributed by atoms with van der Waals surface area (Å²) in [6.07, 6.45) is -1.06. The fourth-order valence-electron chi connectivity index (χ4n) is 4.38. The number of likely N-dealkylation sites (tertiary alicyclic amines) is 1. The second kappa shape index (κ2) is 9.49. The van der Waals surface area contributed by atoms with Crippen LogP contribution in [0.1, 0.15) is 40.7 Å². The average molecular weight is 465 g/mol. The Morgan fingerprint density at radius 2 is 1.97 bits per heavy atom. The maximum atomic E-state index is 13.9. The summed E-state index contributed by atoms with van der Waals surface area (Å²) in [7, 11) is 0. The fraction of sp³-hybridized carbons (Fsp3) is 0.333. The summed E-state index contributed by atoms with van der Waals surface area (Å²) in [5.41, 5.74) is 6.60. The van der Waals surface area contributed by atoms with Crippen molar-refractivity contribution < 1.29 is 23.9 Å². The zero-order chi connectivity index (χ0) is 24.4. The number of hydrogen-bond donors (Lipinski definition) is 3. The van der Waals surface area contributed by atoms with Gasteiger partial charge in [0.05, 0.1) is 11.3 Å². The minimum absolute atomic E-state index is 0.0571. The molecule has 1 saturated heterocycles. The number of nitrogens with zero attached hydrogens (tertiary/aromatic N) is 3. The first kappa shape index (κ1) is 23.2. The Kier molecular flexibility index (Phi) is 6.47. The fourth-order valence-corrected chi connectivity index (χ4v) is 4.38. The summed E-state index contributed by atoms with van der Waals surface area (Å²) in [6, 6.07) is 11.1. The first-order chi connectivity index (χ1) is 16.3. The van der Waals surface area contributed by atoms with Crippen molar-refractivity contribution in [3.63, 3.8) is 0 Å². The Morgan fingerprint density at radius 1 is 1.26 bits per heavy atom. The number of benzene rings is 2. The van der Waals surface area contributed by atoms with Gasteiger partial charge in [-0.1, -0.05) is 18.2 Å².